The Bertz CT molecular complexity index is 828. The molecule has 148 valence electrons. The van der Waals surface area contributed by atoms with E-state index in [4.69, 9.17) is 10.5 Å². The molecule has 0 heterocycles. The largest absolute Gasteiger partial charge is 0.463 e. The number of nitrogens with one attached hydrogen (secondary N) is 1. The second-order valence-corrected chi connectivity index (χ2v) is 6.93. The SMILES string of the molecule is C=C(CC)/C(NC(=NS(C)(=O)=O)C(C#N)=CN)=C(\C=C\C(=O)OCC)CC. The summed E-state index contributed by atoms with van der Waals surface area (Å²) < 4.78 is 31.6. The highest BCUT2D eigenvalue weighted by Crippen LogP contribution is 2.19. The van der Waals surface area contributed by atoms with Crippen LogP contribution in [0, 0.1) is 11.3 Å². The number of carbonyl (C=O) groups excluding carboxylic acids is 1. The van der Waals surface area contributed by atoms with E-state index in [1.54, 1.807) is 19.1 Å². The lowest BCUT2D eigenvalue weighted by Gasteiger charge is -2.17. The van der Waals surface area contributed by atoms with E-state index in [9.17, 15) is 18.5 Å². The van der Waals surface area contributed by atoms with E-state index >= 15 is 0 Å². The first-order valence-corrected chi connectivity index (χ1v) is 10.1. The standard InChI is InChI=1S/C18H26N4O4S/c1-6-13(4)17(14(7-2)9-10-16(23)26-8-3)21-18(15(11-19)12-20)22-27(5,24)25/h9-11H,4,6-8,19H2,1-3,5H3,(H,21,22)/b10-9+,15-11?,17-14+. The smallest absolute Gasteiger partial charge is 0.330 e. The van der Waals surface area contributed by atoms with Gasteiger partial charge in [-0.1, -0.05) is 20.4 Å². The van der Waals surface area contributed by atoms with Crippen LogP contribution in [-0.4, -0.2) is 33.1 Å². The second kappa shape index (κ2) is 11.7. The van der Waals surface area contributed by atoms with Gasteiger partial charge in [-0.2, -0.15) is 5.26 Å². The number of ether oxygens (including phenoxy) is 1. The highest BCUT2D eigenvalue weighted by atomic mass is 32.2. The van der Waals surface area contributed by atoms with Crippen molar-refractivity contribution >= 4 is 21.8 Å². The predicted molar refractivity (Wildman–Crippen MR) is 106 cm³/mol. The van der Waals surface area contributed by atoms with E-state index in [0.29, 0.717) is 29.7 Å². The van der Waals surface area contributed by atoms with Crippen molar-refractivity contribution in [1.82, 2.24) is 5.32 Å². The third kappa shape index (κ3) is 8.87. The summed E-state index contributed by atoms with van der Waals surface area (Å²) in [6.07, 6.45) is 5.72. The summed E-state index contributed by atoms with van der Waals surface area (Å²) in [5.74, 6) is -0.725. The quantitative estimate of drug-likeness (QED) is 0.153. The molecule has 27 heavy (non-hydrogen) atoms. The zero-order chi connectivity index (χ0) is 21.0. The Balaban J connectivity index is 6.33. The van der Waals surface area contributed by atoms with Crippen molar-refractivity contribution in [3.8, 4) is 6.07 Å². The summed E-state index contributed by atoms with van der Waals surface area (Å²) in [5, 5.41) is 12.1. The maximum Gasteiger partial charge on any atom is 0.330 e. The van der Waals surface area contributed by atoms with Gasteiger partial charge < -0.3 is 15.8 Å². The number of sulfonamides is 1. The number of hydrogen-bond donors (Lipinski definition) is 2. The van der Waals surface area contributed by atoms with Gasteiger partial charge in [-0.05, 0) is 37.0 Å². The number of hydrogen-bond acceptors (Lipinski definition) is 6. The normalized spacial score (nSPS) is 13.7. The summed E-state index contributed by atoms with van der Waals surface area (Å²) in [6.45, 7) is 9.62. The molecule has 0 saturated carbocycles. The lowest BCUT2D eigenvalue weighted by Crippen LogP contribution is -2.28. The molecule has 0 fully saturated rings. The molecule has 0 aromatic carbocycles. The van der Waals surface area contributed by atoms with Gasteiger partial charge in [0.05, 0.1) is 12.9 Å². The maximum atomic E-state index is 11.6. The van der Waals surface area contributed by atoms with Crippen molar-refractivity contribution in [1.29, 1.82) is 5.26 Å². The number of nitriles is 1. The van der Waals surface area contributed by atoms with E-state index in [2.05, 4.69) is 16.3 Å². The van der Waals surface area contributed by atoms with Crippen LogP contribution in [-0.2, 0) is 19.6 Å². The van der Waals surface area contributed by atoms with E-state index < -0.39 is 16.0 Å². The molecule has 9 heteroatoms. The molecule has 0 aliphatic carbocycles. The van der Waals surface area contributed by atoms with Crippen molar-refractivity contribution in [2.75, 3.05) is 12.9 Å². The fraction of sp³-hybridized carbons (Fsp3) is 0.389. The van der Waals surface area contributed by atoms with E-state index in [-0.39, 0.29) is 18.0 Å². The van der Waals surface area contributed by atoms with Gasteiger partial charge in [0.15, 0.2) is 5.84 Å². The molecule has 0 aliphatic heterocycles. The molecule has 0 amide bonds. The van der Waals surface area contributed by atoms with Crippen molar-refractivity contribution in [3.63, 3.8) is 0 Å². The number of nitrogens with two attached hydrogens (primary N) is 1. The van der Waals surface area contributed by atoms with Gasteiger partial charge in [-0.15, -0.1) is 4.40 Å². The Labute approximate surface area is 160 Å². The minimum atomic E-state index is -3.80. The first-order chi connectivity index (χ1) is 12.6. The molecule has 0 saturated heterocycles. The molecular formula is C18H26N4O4S. The Morgan fingerprint density at radius 1 is 1.30 bits per heavy atom. The van der Waals surface area contributed by atoms with Gasteiger partial charge in [0.1, 0.15) is 11.6 Å². The first-order valence-electron chi connectivity index (χ1n) is 8.28. The molecule has 3 N–H and O–H groups in total. The summed E-state index contributed by atoms with van der Waals surface area (Å²) in [4.78, 5) is 11.6. The summed E-state index contributed by atoms with van der Waals surface area (Å²) >= 11 is 0. The molecule has 0 aromatic rings. The van der Waals surface area contributed by atoms with Crippen LogP contribution < -0.4 is 11.1 Å². The van der Waals surface area contributed by atoms with E-state index in [0.717, 1.165) is 12.5 Å². The molecule has 0 radical (unpaired) electrons. The van der Waals surface area contributed by atoms with Crippen LogP contribution in [0.25, 0.3) is 0 Å². The maximum absolute atomic E-state index is 11.6. The van der Waals surface area contributed by atoms with Crippen LogP contribution in [0.15, 0.2) is 51.7 Å². The highest BCUT2D eigenvalue weighted by molar-refractivity contribution is 7.89. The van der Waals surface area contributed by atoms with Crippen molar-refractivity contribution in [2.45, 2.75) is 33.6 Å². The van der Waals surface area contributed by atoms with Crippen LogP contribution in [0.2, 0.25) is 0 Å². The zero-order valence-electron chi connectivity index (χ0n) is 16.1. The van der Waals surface area contributed by atoms with Crippen LogP contribution in [0.4, 0.5) is 0 Å². The molecule has 0 aliphatic rings. The van der Waals surface area contributed by atoms with Crippen molar-refractivity contribution in [2.24, 2.45) is 10.1 Å². The highest BCUT2D eigenvalue weighted by Gasteiger charge is 2.15. The molecule has 0 aromatic heterocycles. The van der Waals surface area contributed by atoms with Gasteiger partial charge in [-0.3, -0.25) is 0 Å². The molecule has 0 spiro atoms. The Morgan fingerprint density at radius 2 is 1.93 bits per heavy atom. The van der Waals surface area contributed by atoms with Gasteiger partial charge >= 0.3 is 5.97 Å². The average Bonchev–Trinajstić information content (AvgIpc) is 2.60. The van der Waals surface area contributed by atoms with Crippen LogP contribution in [0.5, 0.6) is 0 Å². The van der Waals surface area contributed by atoms with Gasteiger partial charge in [0, 0.05) is 18.0 Å². The average molecular weight is 394 g/mol. The summed E-state index contributed by atoms with van der Waals surface area (Å²) in [6, 6.07) is 1.79. The van der Waals surface area contributed by atoms with E-state index in [1.165, 1.54) is 6.08 Å². The lowest BCUT2D eigenvalue weighted by atomic mass is 10.0. The van der Waals surface area contributed by atoms with Crippen LogP contribution in [0.1, 0.15) is 33.6 Å². The molecule has 8 nitrogen and oxygen atoms in total. The zero-order valence-corrected chi connectivity index (χ0v) is 16.9. The monoisotopic (exact) mass is 394 g/mol. The Morgan fingerprint density at radius 3 is 2.33 bits per heavy atom. The minimum absolute atomic E-state index is 0.147. The topological polar surface area (TPSA) is 135 Å². The fourth-order valence-electron chi connectivity index (χ4n) is 1.90. The van der Waals surface area contributed by atoms with Gasteiger partial charge in [-0.25, -0.2) is 13.2 Å². The molecule has 0 unspecified atom stereocenters. The third-order valence-electron chi connectivity index (χ3n) is 3.23. The van der Waals surface area contributed by atoms with Gasteiger partial charge in [0.25, 0.3) is 10.0 Å². The van der Waals surface area contributed by atoms with Crippen LogP contribution in [0.3, 0.4) is 0 Å². The molecule has 0 atom stereocenters. The van der Waals surface area contributed by atoms with Crippen molar-refractivity contribution in [3.05, 3.63) is 47.3 Å². The number of nitrogens with zero attached hydrogens (tertiary/aromatic N) is 2. The Kier molecular flexibility index (Phi) is 10.5. The molecule has 0 bridgehead atoms. The minimum Gasteiger partial charge on any atom is -0.463 e. The molecular weight excluding hydrogens is 368 g/mol. The summed E-state index contributed by atoms with van der Waals surface area (Å²) in [5.41, 5.74) is 7.02. The first kappa shape index (κ1) is 24.1. The van der Waals surface area contributed by atoms with E-state index in [1.807, 2.05) is 13.8 Å². The van der Waals surface area contributed by atoms with Crippen LogP contribution >= 0.6 is 0 Å². The Hall–Kier alpha value is -2.86. The fourth-order valence-corrected chi connectivity index (χ4v) is 2.38. The second-order valence-electron chi connectivity index (χ2n) is 5.29. The lowest BCUT2D eigenvalue weighted by molar-refractivity contribution is -0.137. The predicted octanol–water partition coefficient (Wildman–Crippen LogP) is 2.05. The summed E-state index contributed by atoms with van der Waals surface area (Å²) in [7, 11) is -3.80. The number of allylic oxidation sites excluding steroid dienone is 3. The number of carbonyl (C=O) groups is 1. The number of rotatable bonds is 9. The number of amidine groups is 1. The third-order valence-corrected chi connectivity index (χ3v) is 3.75. The van der Waals surface area contributed by atoms with Gasteiger partial charge in [0.2, 0.25) is 0 Å². The molecule has 0 rings (SSSR count). The van der Waals surface area contributed by atoms with Crippen molar-refractivity contribution < 1.29 is 17.9 Å². The number of esters is 1.